The maximum absolute atomic E-state index is 13.2. The number of thiazole rings is 1. The summed E-state index contributed by atoms with van der Waals surface area (Å²) in [7, 11) is 0. The van der Waals surface area contributed by atoms with Gasteiger partial charge in [0.1, 0.15) is 0 Å². The highest BCUT2D eigenvalue weighted by atomic mass is 32.1. The normalized spacial score (nSPS) is 10.9. The van der Waals surface area contributed by atoms with E-state index >= 15 is 0 Å². The number of hydrogen-bond donors (Lipinski definition) is 0. The number of carbonyl (C=O) groups is 1. The molecule has 1 heterocycles. The molecule has 0 spiro atoms. The summed E-state index contributed by atoms with van der Waals surface area (Å²) in [5.41, 5.74) is 6.82. The first-order chi connectivity index (χ1) is 14.8. The van der Waals surface area contributed by atoms with E-state index in [1.54, 1.807) is 11.3 Å². The van der Waals surface area contributed by atoms with Gasteiger partial charge in [-0.05, 0) is 22.8 Å². The summed E-state index contributed by atoms with van der Waals surface area (Å²) in [4.78, 5) is 18.0. The molecule has 3 aromatic rings. The van der Waals surface area contributed by atoms with Gasteiger partial charge < -0.3 is 0 Å². The zero-order valence-electron chi connectivity index (χ0n) is 16.3. The molecule has 0 aliphatic heterocycles. The molecule has 2 aliphatic carbocycles. The number of aromatic nitrogens is 1. The van der Waals surface area contributed by atoms with Crippen LogP contribution in [0.15, 0.2) is 102 Å². The molecule has 30 heavy (non-hydrogen) atoms. The Hall–Kier alpha value is -3.56. The molecule has 2 nitrogen and oxygen atoms in total. The van der Waals surface area contributed by atoms with Gasteiger partial charge in [-0.1, -0.05) is 91.0 Å². The Balaban J connectivity index is 1.53. The minimum atomic E-state index is 0.0576. The summed E-state index contributed by atoms with van der Waals surface area (Å²) in [5, 5.41) is 3.15. The van der Waals surface area contributed by atoms with Gasteiger partial charge in [-0.25, -0.2) is 4.98 Å². The first-order valence-corrected chi connectivity index (χ1v) is 10.8. The molecule has 3 heteroatoms. The molecule has 5 rings (SSSR count). The SMILES string of the molecule is O=C(c1ccccc1)c1cc(Cc2nc(-c3ccccc3)cs2)c2cccccc1-2. The molecule has 0 radical (unpaired) electrons. The molecule has 2 aliphatic rings. The Labute approximate surface area is 179 Å². The highest BCUT2D eigenvalue weighted by Crippen LogP contribution is 2.35. The van der Waals surface area contributed by atoms with Crippen molar-refractivity contribution in [1.82, 2.24) is 4.98 Å². The molecule has 0 atom stereocenters. The number of nitrogens with zero attached hydrogens (tertiary/aromatic N) is 1. The maximum atomic E-state index is 13.2. The van der Waals surface area contributed by atoms with Crippen molar-refractivity contribution in [1.29, 1.82) is 0 Å². The Morgan fingerprint density at radius 3 is 2.13 bits per heavy atom. The van der Waals surface area contributed by atoms with Crippen molar-refractivity contribution in [2.45, 2.75) is 6.42 Å². The fraction of sp³-hybridized carbons (Fsp3) is 0.0370. The molecule has 0 N–H and O–H groups in total. The Bertz CT molecular complexity index is 1270. The van der Waals surface area contributed by atoms with Gasteiger partial charge in [0.25, 0.3) is 0 Å². The quantitative estimate of drug-likeness (QED) is 0.303. The van der Waals surface area contributed by atoms with Gasteiger partial charge in [0.15, 0.2) is 5.78 Å². The van der Waals surface area contributed by atoms with Crippen LogP contribution in [0.3, 0.4) is 0 Å². The second-order valence-corrected chi connectivity index (χ2v) is 8.13. The van der Waals surface area contributed by atoms with Gasteiger partial charge in [-0.2, -0.15) is 0 Å². The Morgan fingerprint density at radius 1 is 0.767 bits per heavy atom. The molecular formula is C27H19NOS. The second-order valence-electron chi connectivity index (χ2n) is 7.19. The van der Waals surface area contributed by atoms with Crippen LogP contribution >= 0.6 is 11.3 Å². The van der Waals surface area contributed by atoms with Crippen molar-refractivity contribution in [2.75, 3.05) is 0 Å². The molecule has 0 saturated carbocycles. The van der Waals surface area contributed by atoms with Crippen LogP contribution in [0.5, 0.6) is 0 Å². The van der Waals surface area contributed by atoms with E-state index in [4.69, 9.17) is 4.98 Å². The first-order valence-electron chi connectivity index (χ1n) is 9.90. The van der Waals surface area contributed by atoms with E-state index in [0.717, 1.165) is 38.5 Å². The van der Waals surface area contributed by atoms with Gasteiger partial charge in [-0.3, -0.25) is 4.79 Å². The second kappa shape index (κ2) is 8.05. The zero-order chi connectivity index (χ0) is 20.3. The van der Waals surface area contributed by atoms with Crippen molar-refractivity contribution in [3.8, 4) is 22.4 Å². The molecule has 0 fully saturated rings. The number of hydrogen-bond acceptors (Lipinski definition) is 3. The van der Waals surface area contributed by atoms with Gasteiger partial charge in [-0.15, -0.1) is 11.3 Å². The largest absolute Gasteiger partial charge is 0.289 e. The molecule has 144 valence electrons. The van der Waals surface area contributed by atoms with Crippen LogP contribution in [0.4, 0.5) is 0 Å². The van der Waals surface area contributed by atoms with Crippen molar-refractivity contribution in [3.05, 3.63) is 124 Å². The van der Waals surface area contributed by atoms with Crippen molar-refractivity contribution >= 4 is 17.1 Å². The molecule has 1 aromatic heterocycles. The average molecular weight is 406 g/mol. The summed E-state index contributed by atoms with van der Waals surface area (Å²) in [5.74, 6) is 0.0576. The van der Waals surface area contributed by atoms with E-state index in [1.807, 2.05) is 78.9 Å². The number of fused-ring (bicyclic) bond motifs is 1. The monoisotopic (exact) mass is 405 g/mol. The van der Waals surface area contributed by atoms with Crippen LogP contribution in [-0.4, -0.2) is 10.8 Å². The van der Waals surface area contributed by atoms with Gasteiger partial charge in [0.2, 0.25) is 0 Å². The first kappa shape index (κ1) is 18.5. The summed E-state index contributed by atoms with van der Waals surface area (Å²) >= 11 is 1.66. The van der Waals surface area contributed by atoms with E-state index in [-0.39, 0.29) is 5.78 Å². The van der Waals surface area contributed by atoms with E-state index in [0.29, 0.717) is 12.0 Å². The van der Waals surface area contributed by atoms with E-state index in [2.05, 4.69) is 23.6 Å². The van der Waals surface area contributed by atoms with E-state index < -0.39 is 0 Å². The lowest BCUT2D eigenvalue weighted by Gasteiger charge is -2.02. The van der Waals surface area contributed by atoms with E-state index in [9.17, 15) is 4.79 Å². The standard InChI is InChI=1S/C27H19NOS/c29-27(20-12-6-2-7-13-20)24-16-21(22-14-8-3-9-15-23(22)24)17-26-28-25(18-30-26)19-10-4-1-5-11-19/h1-16,18H,17H2. The minimum absolute atomic E-state index is 0.0576. The summed E-state index contributed by atoms with van der Waals surface area (Å²) in [6, 6.07) is 31.9. The number of rotatable bonds is 5. The zero-order valence-corrected chi connectivity index (χ0v) is 17.1. The third-order valence-corrected chi connectivity index (χ3v) is 6.09. The van der Waals surface area contributed by atoms with Crippen LogP contribution in [0, 0.1) is 0 Å². The average Bonchev–Trinajstić information content (AvgIpc) is 3.31. The Kier molecular flexibility index (Phi) is 4.96. The molecule has 0 unspecified atom stereocenters. The van der Waals surface area contributed by atoms with Crippen LogP contribution in [0.2, 0.25) is 0 Å². The van der Waals surface area contributed by atoms with Gasteiger partial charge in [0.05, 0.1) is 10.7 Å². The van der Waals surface area contributed by atoms with Gasteiger partial charge in [0, 0.05) is 28.5 Å². The third kappa shape index (κ3) is 3.56. The predicted octanol–water partition coefficient (Wildman–Crippen LogP) is 6.74. The van der Waals surface area contributed by atoms with Crippen LogP contribution in [0.1, 0.15) is 26.5 Å². The van der Waals surface area contributed by atoms with Gasteiger partial charge >= 0.3 is 0 Å². The molecule has 2 aromatic carbocycles. The molecule has 0 saturated heterocycles. The van der Waals surface area contributed by atoms with Crippen molar-refractivity contribution < 1.29 is 4.79 Å². The van der Waals surface area contributed by atoms with Crippen LogP contribution < -0.4 is 0 Å². The maximum Gasteiger partial charge on any atom is 0.193 e. The number of carbonyl (C=O) groups excluding carboxylic acids is 1. The highest BCUT2D eigenvalue weighted by molar-refractivity contribution is 7.10. The molecule has 0 amide bonds. The fourth-order valence-corrected chi connectivity index (χ4v) is 4.59. The summed E-state index contributed by atoms with van der Waals surface area (Å²) < 4.78 is 0. The van der Waals surface area contributed by atoms with Crippen molar-refractivity contribution in [3.63, 3.8) is 0 Å². The minimum Gasteiger partial charge on any atom is -0.289 e. The van der Waals surface area contributed by atoms with E-state index in [1.165, 1.54) is 0 Å². The summed E-state index contributed by atoms with van der Waals surface area (Å²) in [6.45, 7) is 0. The van der Waals surface area contributed by atoms with Crippen LogP contribution in [-0.2, 0) is 6.42 Å². The smallest absolute Gasteiger partial charge is 0.193 e. The lowest BCUT2D eigenvalue weighted by Crippen LogP contribution is -2.00. The number of benzene rings is 2. The third-order valence-electron chi connectivity index (χ3n) is 5.24. The fourth-order valence-electron chi connectivity index (χ4n) is 3.77. The lowest BCUT2D eigenvalue weighted by molar-refractivity contribution is 0.103. The number of ketones is 1. The predicted molar refractivity (Wildman–Crippen MR) is 123 cm³/mol. The Morgan fingerprint density at radius 2 is 1.40 bits per heavy atom. The molecule has 0 bridgehead atoms. The highest BCUT2D eigenvalue weighted by Gasteiger charge is 2.21. The summed E-state index contributed by atoms with van der Waals surface area (Å²) in [6.07, 6.45) is 0.708. The topological polar surface area (TPSA) is 30.0 Å². The van der Waals surface area contributed by atoms with Crippen molar-refractivity contribution in [2.24, 2.45) is 0 Å². The lowest BCUT2D eigenvalue weighted by atomic mass is 10.0. The van der Waals surface area contributed by atoms with Crippen LogP contribution in [0.25, 0.3) is 22.4 Å². The molecular weight excluding hydrogens is 386 g/mol.